The second-order valence-corrected chi connectivity index (χ2v) is 3.15. The normalized spacial score (nSPS) is 9.81. The van der Waals surface area contributed by atoms with Crippen LogP contribution in [0.3, 0.4) is 0 Å². The largest absolute Gasteiger partial charge is 0.493 e. The van der Waals surface area contributed by atoms with E-state index in [1.807, 2.05) is 6.92 Å². The van der Waals surface area contributed by atoms with Gasteiger partial charge >= 0.3 is 0 Å². The summed E-state index contributed by atoms with van der Waals surface area (Å²) in [7, 11) is 0. The van der Waals surface area contributed by atoms with Crippen LogP contribution in [0.2, 0.25) is 0 Å². The number of benzene rings is 1. The van der Waals surface area contributed by atoms with Crippen LogP contribution in [0.15, 0.2) is 18.2 Å². The van der Waals surface area contributed by atoms with Crippen LogP contribution in [0.1, 0.15) is 23.7 Å². The molecule has 0 bridgehead atoms. The van der Waals surface area contributed by atoms with Gasteiger partial charge in [0.05, 0.1) is 17.1 Å². The molecule has 0 aromatic heterocycles. The van der Waals surface area contributed by atoms with Crippen molar-refractivity contribution in [3.63, 3.8) is 0 Å². The Kier molecular flexibility index (Phi) is 3.82. The molecule has 0 spiro atoms. The Hall–Kier alpha value is -2.11. The summed E-state index contributed by atoms with van der Waals surface area (Å²) in [5, 5.41) is 10.5. The van der Waals surface area contributed by atoms with Crippen LogP contribution in [0.4, 0.5) is 5.69 Å². The van der Waals surface area contributed by atoms with E-state index in [2.05, 4.69) is 0 Å². The third kappa shape index (κ3) is 2.69. The Balaban J connectivity index is 3.09. The van der Waals surface area contributed by atoms with Crippen molar-refractivity contribution < 1.29 is 14.5 Å². The summed E-state index contributed by atoms with van der Waals surface area (Å²) in [5.41, 5.74) is 4.96. The lowest BCUT2D eigenvalue weighted by Crippen LogP contribution is -2.13. The number of hydrogen-bond acceptors (Lipinski definition) is 4. The molecule has 0 fully saturated rings. The van der Waals surface area contributed by atoms with E-state index in [1.165, 1.54) is 12.1 Å². The second-order valence-electron chi connectivity index (χ2n) is 3.15. The number of nitrogens with zero attached hydrogens (tertiary/aromatic N) is 1. The third-order valence-electron chi connectivity index (χ3n) is 1.90. The highest BCUT2D eigenvalue weighted by atomic mass is 16.6. The van der Waals surface area contributed by atoms with Gasteiger partial charge in [-0.15, -0.1) is 0 Å². The molecule has 0 unspecified atom stereocenters. The van der Waals surface area contributed by atoms with E-state index in [1.54, 1.807) is 0 Å². The highest BCUT2D eigenvalue weighted by molar-refractivity contribution is 5.96. The summed E-state index contributed by atoms with van der Waals surface area (Å²) in [5.74, 6) is -0.463. The van der Waals surface area contributed by atoms with E-state index in [0.29, 0.717) is 6.61 Å². The first-order chi connectivity index (χ1) is 7.56. The molecule has 2 N–H and O–H groups in total. The van der Waals surface area contributed by atoms with Crippen molar-refractivity contribution >= 4 is 11.6 Å². The van der Waals surface area contributed by atoms with Crippen molar-refractivity contribution in [1.29, 1.82) is 0 Å². The van der Waals surface area contributed by atoms with Gasteiger partial charge in [0.25, 0.3) is 11.6 Å². The molecule has 1 rings (SSSR count). The van der Waals surface area contributed by atoms with Crippen molar-refractivity contribution in [3.05, 3.63) is 33.9 Å². The number of amides is 1. The summed E-state index contributed by atoms with van der Waals surface area (Å²) in [6.45, 7) is 2.34. The van der Waals surface area contributed by atoms with Gasteiger partial charge in [0.1, 0.15) is 5.75 Å². The Morgan fingerprint density at radius 3 is 2.75 bits per heavy atom. The lowest BCUT2D eigenvalue weighted by molar-refractivity contribution is -0.384. The highest BCUT2D eigenvalue weighted by Crippen LogP contribution is 2.23. The van der Waals surface area contributed by atoms with Gasteiger partial charge in [-0.3, -0.25) is 14.9 Å². The van der Waals surface area contributed by atoms with E-state index in [4.69, 9.17) is 10.5 Å². The Labute approximate surface area is 92.2 Å². The maximum absolute atomic E-state index is 11.1. The van der Waals surface area contributed by atoms with Crippen LogP contribution in [-0.4, -0.2) is 17.4 Å². The fraction of sp³-hybridized carbons (Fsp3) is 0.300. The summed E-state index contributed by atoms with van der Waals surface area (Å²) in [6, 6.07) is 3.78. The molecule has 1 aromatic rings. The Bertz CT molecular complexity index is 417. The van der Waals surface area contributed by atoms with Crippen molar-refractivity contribution in [2.75, 3.05) is 6.61 Å². The van der Waals surface area contributed by atoms with Crippen LogP contribution >= 0.6 is 0 Å². The lowest BCUT2D eigenvalue weighted by Gasteiger charge is -2.07. The standard InChI is InChI=1S/C10H12N2O4/c1-2-5-16-9-4-3-7(12(14)15)6-8(9)10(11)13/h3-4,6H,2,5H2,1H3,(H2,11,13). The first kappa shape index (κ1) is 12.0. The van der Waals surface area contributed by atoms with Crippen molar-refractivity contribution in [2.45, 2.75) is 13.3 Å². The molecule has 0 aliphatic carbocycles. The fourth-order valence-electron chi connectivity index (χ4n) is 1.16. The number of carbonyl (C=O) groups excluding carboxylic acids is 1. The highest BCUT2D eigenvalue weighted by Gasteiger charge is 2.15. The number of carbonyl (C=O) groups is 1. The maximum Gasteiger partial charge on any atom is 0.270 e. The van der Waals surface area contributed by atoms with E-state index < -0.39 is 10.8 Å². The number of hydrogen-bond donors (Lipinski definition) is 1. The molecule has 0 aliphatic heterocycles. The first-order valence-electron chi connectivity index (χ1n) is 4.77. The van der Waals surface area contributed by atoms with Gasteiger partial charge in [-0.05, 0) is 12.5 Å². The zero-order valence-electron chi connectivity index (χ0n) is 8.80. The maximum atomic E-state index is 11.1. The Morgan fingerprint density at radius 2 is 2.25 bits per heavy atom. The van der Waals surface area contributed by atoms with E-state index in [-0.39, 0.29) is 17.0 Å². The monoisotopic (exact) mass is 224 g/mol. The second kappa shape index (κ2) is 5.11. The van der Waals surface area contributed by atoms with Gasteiger partial charge in [0.15, 0.2) is 0 Å². The molecule has 0 heterocycles. The van der Waals surface area contributed by atoms with Crippen LogP contribution in [0.5, 0.6) is 5.75 Å². The minimum atomic E-state index is -0.741. The molecule has 0 saturated heterocycles. The molecule has 0 aliphatic rings. The number of nitrogens with two attached hydrogens (primary N) is 1. The molecule has 16 heavy (non-hydrogen) atoms. The fourth-order valence-corrected chi connectivity index (χ4v) is 1.16. The van der Waals surface area contributed by atoms with Crippen molar-refractivity contribution in [1.82, 2.24) is 0 Å². The van der Waals surface area contributed by atoms with Crippen LogP contribution in [-0.2, 0) is 0 Å². The summed E-state index contributed by atoms with van der Waals surface area (Å²) in [6.07, 6.45) is 0.773. The smallest absolute Gasteiger partial charge is 0.270 e. The SMILES string of the molecule is CCCOc1ccc([N+](=O)[O-])cc1C(N)=O. The minimum absolute atomic E-state index is 0.0302. The molecule has 0 radical (unpaired) electrons. The van der Waals surface area contributed by atoms with Gasteiger partial charge in [-0.2, -0.15) is 0 Å². The van der Waals surface area contributed by atoms with E-state index in [9.17, 15) is 14.9 Å². The average Bonchev–Trinajstić information content (AvgIpc) is 2.25. The molecule has 0 atom stereocenters. The molecule has 1 amide bonds. The molecule has 1 aromatic carbocycles. The van der Waals surface area contributed by atoms with Gasteiger partial charge in [0.2, 0.25) is 0 Å². The van der Waals surface area contributed by atoms with Crippen molar-refractivity contribution in [2.24, 2.45) is 5.73 Å². The van der Waals surface area contributed by atoms with E-state index >= 15 is 0 Å². The van der Waals surface area contributed by atoms with Gasteiger partial charge in [-0.25, -0.2) is 0 Å². The zero-order valence-corrected chi connectivity index (χ0v) is 8.80. The first-order valence-corrected chi connectivity index (χ1v) is 4.77. The summed E-state index contributed by atoms with van der Waals surface area (Å²) < 4.78 is 5.26. The average molecular weight is 224 g/mol. The number of non-ortho nitro benzene ring substituents is 1. The topological polar surface area (TPSA) is 95.5 Å². The quantitative estimate of drug-likeness (QED) is 0.605. The lowest BCUT2D eigenvalue weighted by atomic mass is 10.1. The summed E-state index contributed by atoms with van der Waals surface area (Å²) >= 11 is 0. The minimum Gasteiger partial charge on any atom is -0.493 e. The summed E-state index contributed by atoms with van der Waals surface area (Å²) in [4.78, 5) is 21.0. The van der Waals surface area contributed by atoms with Gasteiger partial charge in [-0.1, -0.05) is 6.92 Å². The molecular weight excluding hydrogens is 212 g/mol. The molecule has 6 heteroatoms. The van der Waals surface area contributed by atoms with Crippen LogP contribution in [0.25, 0.3) is 0 Å². The number of rotatable bonds is 5. The van der Waals surface area contributed by atoms with Gasteiger partial charge in [0, 0.05) is 12.1 Å². The predicted molar refractivity (Wildman–Crippen MR) is 57.4 cm³/mol. The number of ether oxygens (including phenoxy) is 1. The van der Waals surface area contributed by atoms with Gasteiger partial charge < -0.3 is 10.5 Å². The molecule has 6 nitrogen and oxygen atoms in total. The third-order valence-corrected chi connectivity index (χ3v) is 1.90. The zero-order chi connectivity index (χ0) is 12.1. The van der Waals surface area contributed by atoms with Crippen LogP contribution in [0, 0.1) is 10.1 Å². The van der Waals surface area contributed by atoms with Crippen LogP contribution < -0.4 is 10.5 Å². The molecule has 86 valence electrons. The molecule has 0 saturated carbocycles. The number of primary amides is 1. The van der Waals surface area contributed by atoms with E-state index in [0.717, 1.165) is 12.5 Å². The predicted octanol–water partition coefficient (Wildman–Crippen LogP) is 1.48. The number of nitro benzene ring substituents is 1. The number of nitro groups is 1. The van der Waals surface area contributed by atoms with Crippen molar-refractivity contribution in [3.8, 4) is 5.75 Å². The molecular formula is C10H12N2O4. The Morgan fingerprint density at radius 1 is 1.56 bits per heavy atom.